The largest absolute Gasteiger partial charge is 0.389 e. The maximum atomic E-state index is 12.2. The van der Waals surface area contributed by atoms with Gasteiger partial charge in [0, 0.05) is 44.2 Å². The lowest BCUT2D eigenvalue weighted by molar-refractivity contribution is -0.113. The minimum atomic E-state index is -0.653. The van der Waals surface area contributed by atoms with Crippen LogP contribution in [-0.2, 0) is 0 Å². The summed E-state index contributed by atoms with van der Waals surface area (Å²) in [6.07, 6.45) is 4.38. The Bertz CT molecular complexity index is 688. The molecule has 0 spiro atoms. The third-order valence-electron chi connectivity index (χ3n) is 6.81. The highest BCUT2D eigenvalue weighted by atomic mass is 16.3. The summed E-state index contributed by atoms with van der Waals surface area (Å²) in [5.74, 6) is 6.58. The van der Waals surface area contributed by atoms with Gasteiger partial charge < -0.3 is 15.3 Å². The number of nitrogens with zero attached hydrogens (tertiary/aromatic N) is 1. The normalized spacial score (nSPS) is 27.7. The van der Waals surface area contributed by atoms with Gasteiger partial charge >= 0.3 is 0 Å². The molecule has 1 aromatic rings. The number of hydrogen-bond donors (Lipinski definition) is 2. The van der Waals surface area contributed by atoms with Crippen molar-refractivity contribution in [2.45, 2.75) is 64.9 Å². The van der Waals surface area contributed by atoms with Gasteiger partial charge in [0.25, 0.3) is 0 Å². The first-order valence-corrected chi connectivity index (χ1v) is 11.0. The second kappa shape index (κ2) is 8.99. The van der Waals surface area contributed by atoms with E-state index in [-0.39, 0.29) is 11.3 Å². The minimum absolute atomic E-state index is 0.102. The number of benzene rings is 1. The molecule has 1 saturated carbocycles. The molecule has 0 bridgehead atoms. The van der Waals surface area contributed by atoms with E-state index < -0.39 is 5.60 Å². The van der Waals surface area contributed by atoms with Gasteiger partial charge in [0.15, 0.2) is 0 Å². The van der Waals surface area contributed by atoms with Crippen molar-refractivity contribution in [3.63, 3.8) is 0 Å². The average Bonchev–Trinajstić information content (AvgIpc) is 2.67. The minimum Gasteiger partial charge on any atom is -0.389 e. The Morgan fingerprint density at radius 1 is 1.18 bits per heavy atom. The summed E-state index contributed by atoms with van der Waals surface area (Å²) in [6.45, 7) is 13.9. The Kier molecular flexibility index (Phi) is 6.86. The van der Waals surface area contributed by atoms with Gasteiger partial charge in [-0.25, -0.2) is 0 Å². The molecule has 0 aromatic heterocycles. The molecule has 0 radical (unpaired) electrons. The lowest BCUT2D eigenvalue weighted by atomic mass is 9.58. The third-order valence-corrected chi connectivity index (χ3v) is 6.81. The molecule has 2 N–H and O–H groups in total. The highest BCUT2D eigenvalue weighted by molar-refractivity contribution is 5.38. The van der Waals surface area contributed by atoms with Gasteiger partial charge in [0.2, 0.25) is 0 Å². The molecule has 0 amide bonds. The first kappa shape index (κ1) is 21.4. The van der Waals surface area contributed by atoms with Gasteiger partial charge in [0.1, 0.15) is 0 Å². The average molecular weight is 383 g/mol. The molecule has 3 heteroatoms. The summed E-state index contributed by atoms with van der Waals surface area (Å²) in [5, 5.41) is 15.7. The first-order chi connectivity index (χ1) is 13.3. The molecule has 1 aliphatic carbocycles. The van der Waals surface area contributed by atoms with Crippen molar-refractivity contribution < 1.29 is 5.11 Å². The molecule has 2 fully saturated rings. The van der Waals surface area contributed by atoms with Crippen molar-refractivity contribution in [2.24, 2.45) is 11.3 Å². The van der Waals surface area contributed by atoms with Crippen LogP contribution < -0.4 is 5.32 Å². The highest BCUT2D eigenvalue weighted by Crippen LogP contribution is 2.50. The molecule has 2 aliphatic rings. The second-order valence-corrected chi connectivity index (χ2v) is 9.76. The van der Waals surface area contributed by atoms with E-state index in [2.05, 4.69) is 67.1 Å². The van der Waals surface area contributed by atoms with Gasteiger partial charge in [-0.2, -0.15) is 0 Å². The van der Waals surface area contributed by atoms with E-state index in [9.17, 15) is 5.11 Å². The zero-order valence-electron chi connectivity index (χ0n) is 18.2. The number of aliphatic hydroxyl groups is 1. The molecule has 1 heterocycles. The Morgan fingerprint density at radius 3 is 2.46 bits per heavy atom. The summed E-state index contributed by atoms with van der Waals surface area (Å²) in [4.78, 5) is 2.53. The Hall–Kier alpha value is -1.34. The maximum absolute atomic E-state index is 12.2. The lowest BCUT2D eigenvalue weighted by Gasteiger charge is -2.52. The smallest absolute Gasteiger partial charge is 0.0761 e. The van der Waals surface area contributed by atoms with Crippen molar-refractivity contribution >= 4 is 0 Å². The van der Waals surface area contributed by atoms with Crippen LogP contribution >= 0.6 is 0 Å². The van der Waals surface area contributed by atoms with Gasteiger partial charge in [-0.15, -0.1) is 5.92 Å². The lowest BCUT2D eigenvalue weighted by Crippen LogP contribution is -2.55. The number of piperazine rings is 1. The molecule has 3 rings (SSSR count). The van der Waals surface area contributed by atoms with E-state index in [0.29, 0.717) is 5.92 Å². The van der Waals surface area contributed by atoms with Crippen molar-refractivity contribution in [1.29, 1.82) is 0 Å². The monoisotopic (exact) mass is 382 g/mol. The van der Waals surface area contributed by atoms with Crippen LogP contribution in [0.25, 0.3) is 0 Å². The van der Waals surface area contributed by atoms with Crippen LogP contribution in [0.5, 0.6) is 0 Å². The van der Waals surface area contributed by atoms with E-state index in [0.717, 1.165) is 57.5 Å². The van der Waals surface area contributed by atoms with Crippen LogP contribution in [-0.4, -0.2) is 48.3 Å². The van der Waals surface area contributed by atoms with Crippen molar-refractivity contribution in [3.05, 3.63) is 35.4 Å². The Labute approximate surface area is 171 Å². The predicted octanol–water partition coefficient (Wildman–Crippen LogP) is 4.01. The van der Waals surface area contributed by atoms with Crippen LogP contribution in [0, 0.1) is 23.2 Å². The summed E-state index contributed by atoms with van der Waals surface area (Å²) < 4.78 is 0. The van der Waals surface area contributed by atoms with Crippen LogP contribution in [0.3, 0.4) is 0 Å². The molecule has 1 aliphatic heterocycles. The van der Waals surface area contributed by atoms with E-state index in [1.165, 1.54) is 12.0 Å². The zero-order chi connectivity index (χ0) is 20.2. The fraction of sp³-hybridized carbons (Fsp3) is 0.680. The molecule has 1 saturated heterocycles. The molecular weight excluding hydrogens is 344 g/mol. The number of hydrogen-bond acceptors (Lipinski definition) is 3. The van der Waals surface area contributed by atoms with Crippen LogP contribution in [0.2, 0.25) is 0 Å². The molecule has 3 unspecified atom stereocenters. The molecule has 154 valence electrons. The van der Waals surface area contributed by atoms with Gasteiger partial charge in [0.05, 0.1) is 5.60 Å². The summed E-state index contributed by atoms with van der Waals surface area (Å²) in [5.41, 5.74) is 1.76. The predicted molar refractivity (Wildman–Crippen MR) is 117 cm³/mol. The zero-order valence-corrected chi connectivity index (χ0v) is 18.2. The highest BCUT2D eigenvalue weighted by Gasteiger charge is 2.50. The van der Waals surface area contributed by atoms with E-state index in [4.69, 9.17) is 0 Å². The van der Waals surface area contributed by atoms with E-state index in [1.54, 1.807) is 0 Å². The molecule has 3 atom stereocenters. The molecule has 1 aromatic carbocycles. The quantitative estimate of drug-likeness (QED) is 0.772. The second-order valence-electron chi connectivity index (χ2n) is 9.76. The Balaban J connectivity index is 1.96. The third kappa shape index (κ3) is 4.79. The van der Waals surface area contributed by atoms with E-state index >= 15 is 0 Å². The molecular formula is C25H38N2O. The Morgan fingerprint density at radius 2 is 1.86 bits per heavy atom. The first-order valence-electron chi connectivity index (χ1n) is 11.0. The fourth-order valence-corrected chi connectivity index (χ4v) is 5.43. The number of rotatable bonds is 4. The van der Waals surface area contributed by atoms with Crippen LogP contribution in [0.15, 0.2) is 24.3 Å². The summed E-state index contributed by atoms with van der Waals surface area (Å²) in [7, 11) is 0. The van der Waals surface area contributed by atoms with Gasteiger partial charge in [-0.1, -0.05) is 51.7 Å². The van der Waals surface area contributed by atoms with Crippen LogP contribution in [0.4, 0.5) is 0 Å². The van der Waals surface area contributed by atoms with Crippen LogP contribution in [0.1, 0.15) is 70.4 Å². The SMILES string of the molecule is CC#Cc1ccc(C(CN2CCNCC2)C2(O)CCCCC2C(C)(C)C)cc1. The summed E-state index contributed by atoms with van der Waals surface area (Å²) in [6, 6.07) is 8.65. The molecule has 28 heavy (non-hydrogen) atoms. The van der Waals surface area contributed by atoms with Crippen molar-refractivity contribution in [1.82, 2.24) is 10.2 Å². The fourth-order valence-electron chi connectivity index (χ4n) is 5.43. The van der Waals surface area contributed by atoms with E-state index in [1.807, 2.05) is 6.92 Å². The maximum Gasteiger partial charge on any atom is 0.0761 e. The standard InChI is InChI=1S/C25H38N2O/c1-5-8-20-10-12-21(13-11-20)22(19-27-17-15-26-16-18-27)25(28)14-7-6-9-23(25)24(2,3)4/h10-13,22-23,26,28H,6-7,9,14-19H2,1-4H3. The molecule has 3 nitrogen and oxygen atoms in total. The topological polar surface area (TPSA) is 35.5 Å². The summed E-state index contributed by atoms with van der Waals surface area (Å²) >= 11 is 0. The van der Waals surface area contributed by atoms with Gasteiger partial charge in [-0.05, 0) is 48.8 Å². The number of nitrogens with one attached hydrogen (secondary N) is 1. The van der Waals surface area contributed by atoms with Crippen molar-refractivity contribution in [3.8, 4) is 11.8 Å². The van der Waals surface area contributed by atoms with Crippen molar-refractivity contribution in [2.75, 3.05) is 32.7 Å². The van der Waals surface area contributed by atoms with Gasteiger partial charge in [-0.3, -0.25) is 0 Å².